The van der Waals surface area contributed by atoms with Gasteiger partial charge in [0.2, 0.25) is 0 Å². The predicted octanol–water partition coefficient (Wildman–Crippen LogP) is 0.294. The van der Waals surface area contributed by atoms with Crippen molar-refractivity contribution in [3.8, 4) is 0 Å². The Kier molecular flexibility index (Phi) is 3.11. The molecule has 1 aliphatic rings. The largest absolute Gasteiger partial charge is 0.467 e. The summed E-state index contributed by atoms with van der Waals surface area (Å²) in [4.78, 5) is 22.0. The van der Waals surface area contributed by atoms with E-state index in [1.165, 1.54) is 14.2 Å². The van der Waals surface area contributed by atoms with Crippen molar-refractivity contribution in [3.05, 3.63) is 0 Å². The summed E-state index contributed by atoms with van der Waals surface area (Å²) >= 11 is 0. The fourth-order valence-corrected chi connectivity index (χ4v) is 1.11. The molecule has 0 radical (unpaired) electrons. The molecule has 0 spiro atoms. The topological polar surface area (TPSA) is 64.6 Å². The molecule has 0 bridgehead atoms. The monoisotopic (exact) mass is 187 g/mol. The quantitative estimate of drug-likeness (QED) is 0.645. The third kappa shape index (κ3) is 2.61. The number of rotatable bonds is 3. The van der Waals surface area contributed by atoms with E-state index in [9.17, 15) is 9.59 Å². The van der Waals surface area contributed by atoms with Gasteiger partial charge in [-0.2, -0.15) is 0 Å². The molecule has 0 aliphatic heterocycles. The van der Waals surface area contributed by atoms with Crippen LogP contribution >= 0.6 is 0 Å². The summed E-state index contributed by atoms with van der Waals surface area (Å²) in [6, 6.07) is -0.544. The third-order valence-corrected chi connectivity index (χ3v) is 2.01. The Morgan fingerprint density at radius 2 is 1.92 bits per heavy atom. The Balaban J connectivity index is 2.47. The van der Waals surface area contributed by atoms with Crippen LogP contribution < -0.4 is 5.32 Å². The molecule has 5 nitrogen and oxygen atoms in total. The van der Waals surface area contributed by atoms with Crippen LogP contribution in [-0.4, -0.2) is 32.3 Å². The summed E-state index contributed by atoms with van der Waals surface area (Å²) < 4.78 is 8.95. The van der Waals surface area contributed by atoms with Gasteiger partial charge < -0.3 is 14.8 Å². The van der Waals surface area contributed by atoms with Gasteiger partial charge in [-0.15, -0.1) is 0 Å². The highest BCUT2D eigenvalue weighted by Gasteiger charge is 2.38. The van der Waals surface area contributed by atoms with Gasteiger partial charge in [0, 0.05) is 0 Å². The highest BCUT2D eigenvalue weighted by atomic mass is 16.5. The number of methoxy groups -OCH3 is 2. The molecule has 1 rings (SSSR count). The number of carbonyl (C=O) groups is 2. The first kappa shape index (κ1) is 9.83. The molecule has 1 amide bonds. The number of esters is 1. The summed E-state index contributed by atoms with van der Waals surface area (Å²) in [6.45, 7) is 0. The van der Waals surface area contributed by atoms with Gasteiger partial charge in [0.05, 0.1) is 14.2 Å². The van der Waals surface area contributed by atoms with E-state index in [1.54, 1.807) is 0 Å². The molecule has 74 valence electrons. The molecule has 5 heteroatoms. The van der Waals surface area contributed by atoms with E-state index in [4.69, 9.17) is 0 Å². The van der Waals surface area contributed by atoms with Crippen molar-refractivity contribution in [1.29, 1.82) is 0 Å². The van der Waals surface area contributed by atoms with Crippen molar-refractivity contribution in [2.24, 2.45) is 5.92 Å². The second kappa shape index (κ2) is 4.11. The molecule has 1 unspecified atom stereocenters. The summed E-state index contributed by atoms with van der Waals surface area (Å²) in [5.74, 6) is -0.195. The summed E-state index contributed by atoms with van der Waals surface area (Å²) in [5, 5.41) is 2.44. The van der Waals surface area contributed by atoms with Gasteiger partial charge in [-0.25, -0.2) is 9.59 Å². The van der Waals surface area contributed by atoms with Crippen LogP contribution in [0.15, 0.2) is 0 Å². The fourth-order valence-electron chi connectivity index (χ4n) is 1.11. The highest BCUT2D eigenvalue weighted by Crippen LogP contribution is 2.33. The zero-order valence-corrected chi connectivity index (χ0v) is 7.70. The van der Waals surface area contributed by atoms with E-state index in [-0.39, 0.29) is 5.92 Å². The minimum atomic E-state index is -0.595. The number of carbonyl (C=O) groups excluding carboxylic acids is 2. The zero-order valence-electron chi connectivity index (χ0n) is 7.70. The van der Waals surface area contributed by atoms with E-state index in [2.05, 4.69) is 14.8 Å². The van der Waals surface area contributed by atoms with Crippen LogP contribution in [0.2, 0.25) is 0 Å². The molecular weight excluding hydrogens is 174 g/mol. The van der Waals surface area contributed by atoms with Gasteiger partial charge in [0.15, 0.2) is 0 Å². The summed E-state index contributed by atoms with van der Waals surface area (Å²) in [7, 11) is 2.56. The number of alkyl carbamates (subject to hydrolysis) is 1. The summed E-state index contributed by atoms with van der Waals surface area (Å²) in [5.41, 5.74) is 0. The van der Waals surface area contributed by atoms with E-state index in [1.807, 2.05) is 0 Å². The predicted molar refractivity (Wildman–Crippen MR) is 44.1 cm³/mol. The molecule has 0 saturated heterocycles. The number of ether oxygens (including phenoxy) is 2. The van der Waals surface area contributed by atoms with Crippen molar-refractivity contribution in [2.45, 2.75) is 18.9 Å². The molecule has 0 aromatic heterocycles. The lowest BCUT2D eigenvalue weighted by Gasteiger charge is -2.14. The Bertz CT molecular complexity index is 212. The number of hydrogen-bond acceptors (Lipinski definition) is 4. The minimum absolute atomic E-state index is 0.214. The molecule has 1 atom stereocenters. The van der Waals surface area contributed by atoms with Crippen molar-refractivity contribution in [3.63, 3.8) is 0 Å². The highest BCUT2D eigenvalue weighted by molar-refractivity contribution is 5.81. The molecule has 1 saturated carbocycles. The Labute approximate surface area is 76.4 Å². The van der Waals surface area contributed by atoms with Crippen LogP contribution in [0.4, 0.5) is 4.79 Å². The van der Waals surface area contributed by atoms with Crippen molar-refractivity contribution in [1.82, 2.24) is 5.32 Å². The number of nitrogens with one attached hydrogen (secondary N) is 1. The van der Waals surface area contributed by atoms with E-state index in [0.29, 0.717) is 0 Å². The summed E-state index contributed by atoms with van der Waals surface area (Å²) in [6.07, 6.45) is 1.30. The van der Waals surface area contributed by atoms with Crippen LogP contribution in [0.5, 0.6) is 0 Å². The van der Waals surface area contributed by atoms with Gasteiger partial charge in [0.25, 0.3) is 0 Å². The van der Waals surface area contributed by atoms with Gasteiger partial charge in [-0.3, -0.25) is 0 Å². The average Bonchev–Trinajstić information content (AvgIpc) is 2.95. The molecule has 0 heterocycles. The Morgan fingerprint density at radius 1 is 1.31 bits per heavy atom. The SMILES string of the molecule is COC(=O)NC(C(=O)OC)C1CC1. The third-order valence-electron chi connectivity index (χ3n) is 2.01. The second-order valence-electron chi connectivity index (χ2n) is 2.97. The van der Waals surface area contributed by atoms with Crippen LogP contribution in [-0.2, 0) is 14.3 Å². The maximum Gasteiger partial charge on any atom is 0.407 e. The molecule has 0 aromatic rings. The van der Waals surface area contributed by atoms with E-state index < -0.39 is 18.1 Å². The lowest BCUT2D eigenvalue weighted by atomic mass is 10.2. The number of hydrogen-bond donors (Lipinski definition) is 1. The molecule has 1 aliphatic carbocycles. The smallest absolute Gasteiger partial charge is 0.407 e. The molecule has 1 N–H and O–H groups in total. The van der Waals surface area contributed by atoms with Gasteiger partial charge in [-0.05, 0) is 18.8 Å². The average molecular weight is 187 g/mol. The van der Waals surface area contributed by atoms with Crippen LogP contribution in [0.1, 0.15) is 12.8 Å². The molecule has 13 heavy (non-hydrogen) atoms. The second-order valence-corrected chi connectivity index (χ2v) is 2.97. The maximum atomic E-state index is 11.2. The first-order valence-corrected chi connectivity index (χ1v) is 4.11. The Hall–Kier alpha value is -1.26. The standard InChI is InChI=1S/C8H13NO4/c1-12-7(10)6(5-3-4-5)9-8(11)13-2/h5-6H,3-4H2,1-2H3,(H,9,11). The first-order chi connectivity index (χ1) is 6.19. The van der Waals surface area contributed by atoms with Gasteiger partial charge in [0.1, 0.15) is 6.04 Å². The lowest BCUT2D eigenvalue weighted by molar-refractivity contribution is -0.143. The zero-order chi connectivity index (χ0) is 9.84. The first-order valence-electron chi connectivity index (χ1n) is 4.11. The fraction of sp³-hybridized carbons (Fsp3) is 0.750. The number of amides is 1. The van der Waals surface area contributed by atoms with Crippen molar-refractivity contribution in [2.75, 3.05) is 14.2 Å². The molecular formula is C8H13NO4. The van der Waals surface area contributed by atoms with E-state index in [0.717, 1.165) is 12.8 Å². The minimum Gasteiger partial charge on any atom is -0.467 e. The Morgan fingerprint density at radius 3 is 2.31 bits per heavy atom. The van der Waals surface area contributed by atoms with Gasteiger partial charge >= 0.3 is 12.1 Å². The maximum absolute atomic E-state index is 11.2. The van der Waals surface area contributed by atoms with Crippen LogP contribution in [0.3, 0.4) is 0 Å². The van der Waals surface area contributed by atoms with Gasteiger partial charge in [-0.1, -0.05) is 0 Å². The van der Waals surface area contributed by atoms with Crippen molar-refractivity contribution < 1.29 is 19.1 Å². The normalized spacial score (nSPS) is 17.4. The van der Waals surface area contributed by atoms with Crippen LogP contribution in [0.25, 0.3) is 0 Å². The lowest BCUT2D eigenvalue weighted by Crippen LogP contribution is -2.43. The molecule has 0 aromatic carbocycles. The van der Waals surface area contributed by atoms with Crippen molar-refractivity contribution >= 4 is 12.1 Å². The molecule has 1 fully saturated rings. The van der Waals surface area contributed by atoms with E-state index >= 15 is 0 Å². The van der Waals surface area contributed by atoms with Crippen LogP contribution in [0, 0.1) is 5.92 Å².